The summed E-state index contributed by atoms with van der Waals surface area (Å²) in [6, 6.07) is 9.68. The highest BCUT2D eigenvalue weighted by Crippen LogP contribution is 2.31. The third kappa shape index (κ3) is 6.40. The molecule has 0 aliphatic heterocycles. The molecule has 2 aromatic carbocycles. The Labute approximate surface area is 183 Å². The van der Waals surface area contributed by atoms with Gasteiger partial charge >= 0.3 is 0 Å². The maximum atomic E-state index is 12.4. The SMILES string of the molecule is CC(C)=CC(=O)c1cc([C@H](C)O[C@H](C)c2ccc(O)c(C(=O)C=C(C)C)c2)ccc1O. The molecule has 0 fully saturated rings. The van der Waals surface area contributed by atoms with Gasteiger partial charge in [0.15, 0.2) is 11.6 Å². The highest BCUT2D eigenvalue weighted by Gasteiger charge is 2.18. The van der Waals surface area contributed by atoms with Gasteiger partial charge in [0.2, 0.25) is 0 Å². The van der Waals surface area contributed by atoms with Gasteiger partial charge in [-0.25, -0.2) is 0 Å². The number of allylic oxidation sites excluding steroid dienone is 4. The average molecular weight is 423 g/mol. The topological polar surface area (TPSA) is 83.8 Å². The van der Waals surface area contributed by atoms with Crippen LogP contribution in [0, 0.1) is 0 Å². The van der Waals surface area contributed by atoms with Crippen molar-refractivity contribution in [1.82, 2.24) is 0 Å². The summed E-state index contributed by atoms with van der Waals surface area (Å²) in [5, 5.41) is 20.2. The molecule has 0 amide bonds. The number of carbonyl (C=O) groups excluding carboxylic acids is 2. The van der Waals surface area contributed by atoms with Crippen LogP contribution < -0.4 is 0 Å². The Morgan fingerprint density at radius 1 is 0.742 bits per heavy atom. The lowest BCUT2D eigenvalue weighted by atomic mass is 10.0. The molecule has 2 N–H and O–H groups in total. The molecular formula is C26H30O5. The van der Waals surface area contributed by atoms with E-state index in [1.54, 1.807) is 24.3 Å². The molecule has 31 heavy (non-hydrogen) atoms. The number of ketones is 2. The van der Waals surface area contributed by atoms with Gasteiger partial charge in [0, 0.05) is 0 Å². The number of ether oxygens (including phenoxy) is 1. The largest absolute Gasteiger partial charge is 0.507 e. The van der Waals surface area contributed by atoms with Crippen molar-refractivity contribution in [2.24, 2.45) is 0 Å². The van der Waals surface area contributed by atoms with Gasteiger partial charge in [-0.3, -0.25) is 9.59 Å². The molecule has 0 aliphatic carbocycles. The maximum absolute atomic E-state index is 12.4. The van der Waals surface area contributed by atoms with E-state index in [-0.39, 0.29) is 46.4 Å². The first kappa shape index (κ1) is 24.1. The summed E-state index contributed by atoms with van der Waals surface area (Å²) >= 11 is 0. The molecule has 0 heterocycles. The van der Waals surface area contributed by atoms with Crippen LogP contribution in [-0.2, 0) is 4.74 Å². The molecule has 0 radical (unpaired) electrons. The highest BCUT2D eigenvalue weighted by molar-refractivity contribution is 6.07. The van der Waals surface area contributed by atoms with E-state index in [2.05, 4.69) is 0 Å². The van der Waals surface area contributed by atoms with E-state index >= 15 is 0 Å². The minimum atomic E-state index is -0.375. The first-order chi connectivity index (χ1) is 14.5. The smallest absolute Gasteiger partial charge is 0.189 e. The van der Waals surface area contributed by atoms with Crippen molar-refractivity contribution < 1.29 is 24.5 Å². The van der Waals surface area contributed by atoms with Crippen LogP contribution in [0.25, 0.3) is 0 Å². The quantitative estimate of drug-likeness (QED) is 0.389. The Balaban J connectivity index is 2.26. The van der Waals surface area contributed by atoms with Crippen LogP contribution in [0.1, 0.15) is 85.6 Å². The average Bonchev–Trinajstić information content (AvgIpc) is 2.67. The fourth-order valence-electron chi connectivity index (χ4n) is 3.15. The molecule has 2 rings (SSSR count). The zero-order chi connectivity index (χ0) is 23.3. The molecule has 5 nitrogen and oxygen atoms in total. The fourth-order valence-corrected chi connectivity index (χ4v) is 3.15. The lowest BCUT2D eigenvalue weighted by Crippen LogP contribution is -2.08. The Morgan fingerprint density at radius 2 is 1.10 bits per heavy atom. The van der Waals surface area contributed by atoms with Crippen LogP contribution in [0.3, 0.4) is 0 Å². The predicted octanol–water partition coefficient (Wildman–Crippen LogP) is 6.23. The van der Waals surface area contributed by atoms with E-state index in [4.69, 9.17) is 4.74 Å². The summed E-state index contributed by atoms with van der Waals surface area (Å²) in [7, 11) is 0. The second kappa shape index (κ2) is 10.2. The van der Waals surface area contributed by atoms with E-state index in [9.17, 15) is 19.8 Å². The molecular weight excluding hydrogens is 392 g/mol. The summed E-state index contributed by atoms with van der Waals surface area (Å²) in [6.45, 7) is 11.0. The monoisotopic (exact) mass is 422 g/mol. The molecule has 0 spiro atoms. The van der Waals surface area contributed by atoms with Crippen LogP contribution in [-0.4, -0.2) is 21.8 Å². The van der Waals surface area contributed by atoms with Gasteiger partial charge in [0.1, 0.15) is 11.5 Å². The maximum Gasteiger partial charge on any atom is 0.189 e. The van der Waals surface area contributed by atoms with Gasteiger partial charge in [0.05, 0.1) is 23.3 Å². The molecule has 0 aromatic heterocycles. The first-order valence-corrected chi connectivity index (χ1v) is 10.2. The van der Waals surface area contributed by atoms with E-state index in [0.717, 1.165) is 22.3 Å². The Morgan fingerprint density at radius 3 is 1.42 bits per heavy atom. The number of benzene rings is 2. The Kier molecular flexibility index (Phi) is 7.95. The number of carbonyl (C=O) groups is 2. The number of aromatic hydroxyl groups is 2. The zero-order valence-corrected chi connectivity index (χ0v) is 18.9. The summed E-state index contributed by atoms with van der Waals surface area (Å²) < 4.78 is 6.12. The van der Waals surface area contributed by atoms with Crippen molar-refractivity contribution in [2.45, 2.75) is 53.8 Å². The highest BCUT2D eigenvalue weighted by atomic mass is 16.5. The number of rotatable bonds is 8. The van der Waals surface area contributed by atoms with E-state index in [1.165, 1.54) is 24.3 Å². The zero-order valence-electron chi connectivity index (χ0n) is 18.9. The van der Waals surface area contributed by atoms with Gasteiger partial charge in [-0.15, -0.1) is 0 Å². The third-order valence-electron chi connectivity index (χ3n) is 4.76. The Hall–Kier alpha value is -3.18. The van der Waals surface area contributed by atoms with Gasteiger partial charge in [-0.2, -0.15) is 0 Å². The molecule has 5 heteroatoms. The van der Waals surface area contributed by atoms with E-state index < -0.39 is 0 Å². The summed E-state index contributed by atoms with van der Waals surface area (Å²) in [5.41, 5.74) is 3.63. The first-order valence-electron chi connectivity index (χ1n) is 10.2. The lowest BCUT2D eigenvalue weighted by Gasteiger charge is -2.21. The van der Waals surface area contributed by atoms with Gasteiger partial charge in [0.25, 0.3) is 0 Å². The molecule has 0 saturated heterocycles. The molecule has 2 aromatic rings. The van der Waals surface area contributed by atoms with Gasteiger partial charge < -0.3 is 14.9 Å². The second-order valence-electron chi connectivity index (χ2n) is 8.15. The van der Waals surface area contributed by atoms with Gasteiger partial charge in [-0.05, 0) is 89.1 Å². The number of phenolic OH excluding ortho intramolecular Hbond substituents is 2. The summed E-state index contributed by atoms with van der Waals surface area (Å²) in [4.78, 5) is 24.7. The van der Waals surface area contributed by atoms with Crippen molar-refractivity contribution in [2.75, 3.05) is 0 Å². The number of phenols is 2. The fraction of sp³-hybridized carbons (Fsp3) is 0.308. The second-order valence-corrected chi connectivity index (χ2v) is 8.15. The summed E-state index contributed by atoms with van der Waals surface area (Å²) in [6.07, 6.45) is 2.21. The number of hydrogen-bond acceptors (Lipinski definition) is 5. The summed E-state index contributed by atoms with van der Waals surface area (Å²) in [5.74, 6) is -0.680. The minimum absolute atomic E-state index is 0.0764. The molecule has 0 unspecified atom stereocenters. The van der Waals surface area contributed by atoms with Crippen molar-refractivity contribution in [3.05, 3.63) is 82.0 Å². The minimum Gasteiger partial charge on any atom is -0.507 e. The van der Waals surface area contributed by atoms with Crippen LogP contribution in [0.4, 0.5) is 0 Å². The van der Waals surface area contributed by atoms with E-state index in [0.29, 0.717) is 0 Å². The van der Waals surface area contributed by atoms with Crippen molar-refractivity contribution in [3.8, 4) is 11.5 Å². The van der Waals surface area contributed by atoms with Crippen LogP contribution in [0.2, 0.25) is 0 Å². The normalized spacial score (nSPS) is 12.6. The van der Waals surface area contributed by atoms with Crippen LogP contribution in [0.15, 0.2) is 59.7 Å². The molecule has 0 bridgehead atoms. The van der Waals surface area contributed by atoms with Crippen LogP contribution in [0.5, 0.6) is 11.5 Å². The molecule has 164 valence electrons. The molecule has 0 saturated carbocycles. The molecule has 2 atom stereocenters. The lowest BCUT2D eigenvalue weighted by molar-refractivity contribution is 0.00579. The van der Waals surface area contributed by atoms with E-state index in [1.807, 2.05) is 41.5 Å². The Bertz CT molecular complexity index is 954. The standard InChI is InChI=1S/C26H30O5/c1-15(2)11-25(29)21-13-19(7-9-23(21)27)17(5)31-18(6)20-8-10-24(28)22(14-20)26(30)12-16(3)4/h7-14,17-18,27-28H,1-6H3/t17-,18+. The predicted molar refractivity (Wildman–Crippen MR) is 122 cm³/mol. The third-order valence-corrected chi connectivity index (χ3v) is 4.76. The number of hydrogen-bond donors (Lipinski definition) is 2. The van der Waals surface area contributed by atoms with Crippen molar-refractivity contribution in [3.63, 3.8) is 0 Å². The molecule has 0 aliphatic rings. The van der Waals surface area contributed by atoms with Crippen LogP contribution >= 0.6 is 0 Å². The van der Waals surface area contributed by atoms with Crippen molar-refractivity contribution in [1.29, 1.82) is 0 Å². The van der Waals surface area contributed by atoms with Crippen molar-refractivity contribution >= 4 is 11.6 Å². The van der Waals surface area contributed by atoms with Gasteiger partial charge in [-0.1, -0.05) is 23.3 Å².